The molecule has 3 rings (SSSR count). The van der Waals surface area contributed by atoms with Crippen molar-refractivity contribution in [2.24, 2.45) is 0 Å². The van der Waals surface area contributed by atoms with Crippen molar-refractivity contribution in [1.82, 2.24) is 4.90 Å². The number of nitrogens with zero attached hydrogens (tertiary/aromatic N) is 1. The van der Waals surface area contributed by atoms with Gasteiger partial charge in [-0.25, -0.2) is 0 Å². The number of likely N-dealkylation sites (tertiary alicyclic amines) is 1. The average Bonchev–Trinajstić information content (AvgIpc) is 2.94. The highest BCUT2D eigenvalue weighted by Crippen LogP contribution is 2.23. The SMILES string of the molecule is O=C(c1cccc(Oc2ccccc2)c1)N1CC[C@@H](O)C1. The molecule has 0 saturated carbocycles. The lowest BCUT2D eigenvalue weighted by atomic mass is 10.2. The van der Waals surface area contributed by atoms with Gasteiger partial charge < -0.3 is 14.7 Å². The van der Waals surface area contributed by atoms with Gasteiger partial charge in [0.05, 0.1) is 6.10 Å². The van der Waals surface area contributed by atoms with Gasteiger partial charge in [-0.05, 0) is 36.8 Å². The van der Waals surface area contributed by atoms with E-state index in [9.17, 15) is 9.90 Å². The van der Waals surface area contributed by atoms with Crippen molar-refractivity contribution >= 4 is 5.91 Å². The fraction of sp³-hybridized carbons (Fsp3) is 0.235. The zero-order chi connectivity index (χ0) is 14.7. The second-order valence-electron chi connectivity index (χ2n) is 5.14. The summed E-state index contributed by atoms with van der Waals surface area (Å²) in [5.41, 5.74) is 0.581. The summed E-state index contributed by atoms with van der Waals surface area (Å²) in [7, 11) is 0. The summed E-state index contributed by atoms with van der Waals surface area (Å²) in [5, 5.41) is 9.53. The van der Waals surface area contributed by atoms with Gasteiger partial charge in [0.2, 0.25) is 0 Å². The highest BCUT2D eigenvalue weighted by atomic mass is 16.5. The summed E-state index contributed by atoms with van der Waals surface area (Å²) in [5.74, 6) is 1.30. The molecule has 0 aliphatic carbocycles. The van der Waals surface area contributed by atoms with Crippen molar-refractivity contribution in [3.63, 3.8) is 0 Å². The minimum atomic E-state index is -0.405. The first kappa shape index (κ1) is 13.6. The third-order valence-electron chi connectivity index (χ3n) is 3.51. The molecule has 1 fully saturated rings. The molecule has 4 nitrogen and oxygen atoms in total. The Balaban J connectivity index is 1.75. The van der Waals surface area contributed by atoms with E-state index in [0.717, 1.165) is 5.75 Å². The quantitative estimate of drug-likeness (QED) is 0.942. The van der Waals surface area contributed by atoms with Crippen LogP contribution in [0, 0.1) is 0 Å². The predicted molar refractivity (Wildman–Crippen MR) is 79.5 cm³/mol. The molecule has 108 valence electrons. The van der Waals surface area contributed by atoms with Crippen LogP contribution in [0.1, 0.15) is 16.8 Å². The van der Waals surface area contributed by atoms with E-state index in [-0.39, 0.29) is 5.91 Å². The molecule has 0 unspecified atom stereocenters. The molecule has 0 aromatic heterocycles. The number of aliphatic hydroxyl groups excluding tert-OH is 1. The fourth-order valence-electron chi connectivity index (χ4n) is 2.43. The molecule has 0 spiro atoms. The van der Waals surface area contributed by atoms with E-state index in [4.69, 9.17) is 4.74 Å². The first-order chi connectivity index (χ1) is 10.2. The number of carbonyl (C=O) groups excluding carboxylic acids is 1. The van der Waals surface area contributed by atoms with Gasteiger partial charge in [0.15, 0.2) is 0 Å². The molecule has 1 N–H and O–H groups in total. The Hall–Kier alpha value is -2.33. The minimum absolute atomic E-state index is 0.0648. The second-order valence-corrected chi connectivity index (χ2v) is 5.14. The van der Waals surface area contributed by atoms with Crippen LogP contribution in [0.3, 0.4) is 0 Å². The summed E-state index contributed by atoms with van der Waals surface area (Å²) in [6.07, 6.45) is 0.240. The van der Waals surface area contributed by atoms with E-state index >= 15 is 0 Å². The molecular weight excluding hydrogens is 266 g/mol. The molecule has 0 radical (unpaired) electrons. The number of ether oxygens (including phenoxy) is 1. The van der Waals surface area contributed by atoms with Crippen LogP contribution in [0.2, 0.25) is 0 Å². The number of hydrogen-bond donors (Lipinski definition) is 1. The number of β-amino-alcohol motifs (C(OH)–C–C–N with tert-alkyl or cyclic N) is 1. The topological polar surface area (TPSA) is 49.8 Å². The maximum atomic E-state index is 12.4. The lowest BCUT2D eigenvalue weighted by Crippen LogP contribution is -2.29. The first-order valence-electron chi connectivity index (χ1n) is 7.03. The molecule has 0 bridgehead atoms. The number of carbonyl (C=O) groups is 1. The van der Waals surface area contributed by atoms with Crippen molar-refractivity contribution in [2.45, 2.75) is 12.5 Å². The van der Waals surface area contributed by atoms with Gasteiger partial charge in [-0.2, -0.15) is 0 Å². The maximum absolute atomic E-state index is 12.4. The number of aliphatic hydroxyl groups is 1. The molecular formula is C17H17NO3. The van der Waals surface area contributed by atoms with Gasteiger partial charge in [0.25, 0.3) is 5.91 Å². The Labute approximate surface area is 123 Å². The van der Waals surface area contributed by atoms with Gasteiger partial charge >= 0.3 is 0 Å². The van der Waals surface area contributed by atoms with Gasteiger partial charge in [-0.1, -0.05) is 24.3 Å². The summed E-state index contributed by atoms with van der Waals surface area (Å²) < 4.78 is 5.73. The van der Waals surface area contributed by atoms with E-state index in [1.165, 1.54) is 0 Å². The fourth-order valence-corrected chi connectivity index (χ4v) is 2.43. The van der Waals surface area contributed by atoms with Crippen molar-refractivity contribution in [1.29, 1.82) is 0 Å². The second kappa shape index (κ2) is 5.97. The normalized spacial score (nSPS) is 17.8. The Kier molecular flexibility index (Phi) is 3.88. The van der Waals surface area contributed by atoms with Crippen molar-refractivity contribution < 1.29 is 14.6 Å². The Morgan fingerprint density at radius 2 is 1.86 bits per heavy atom. The Bertz CT molecular complexity index is 627. The van der Waals surface area contributed by atoms with E-state index < -0.39 is 6.10 Å². The molecule has 1 aliphatic rings. The van der Waals surface area contributed by atoms with Crippen LogP contribution in [0.5, 0.6) is 11.5 Å². The van der Waals surface area contributed by atoms with Crippen LogP contribution in [0.4, 0.5) is 0 Å². The molecule has 1 amide bonds. The molecule has 21 heavy (non-hydrogen) atoms. The molecule has 1 saturated heterocycles. The molecule has 2 aromatic carbocycles. The van der Waals surface area contributed by atoms with Gasteiger partial charge in [0.1, 0.15) is 11.5 Å². The van der Waals surface area contributed by atoms with E-state index in [1.54, 1.807) is 23.1 Å². The number of rotatable bonds is 3. The molecule has 4 heteroatoms. The predicted octanol–water partition coefficient (Wildman–Crippen LogP) is 2.69. The minimum Gasteiger partial charge on any atom is -0.457 e. The molecule has 1 heterocycles. The van der Waals surface area contributed by atoms with Crippen LogP contribution in [0.15, 0.2) is 54.6 Å². The standard InChI is InChI=1S/C17H17NO3/c19-14-9-10-18(12-14)17(20)13-5-4-8-16(11-13)21-15-6-2-1-3-7-15/h1-8,11,14,19H,9-10,12H2/t14-/m1/s1. The monoisotopic (exact) mass is 283 g/mol. The lowest BCUT2D eigenvalue weighted by molar-refractivity contribution is 0.0764. The smallest absolute Gasteiger partial charge is 0.254 e. The summed E-state index contributed by atoms with van der Waals surface area (Å²) >= 11 is 0. The zero-order valence-electron chi connectivity index (χ0n) is 11.6. The third-order valence-corrected chi connectivity index (χ3v) is 3.51. The summed E-state index contributed by atoms with van der Waals surface area (Å²) in [6.45, 7) is 1.01. The van der Waals surface area contributed by atoms with Gasteiger partial charge in [-0.15, -0.1) is 0 Å². The van der Waals surface area contributed by atoms with E-state index in [2.05, 4.69) is 0 Å². The van der Waals surface area contributed by atoms with E-state index in [1.807, 2.05) is 36.4 Å². The number of amides is 1. The third kappa shape index (κ3) is 3.23. The largest absolute Gasteiger partial charge is 0.457 e. The highest BCUT2D eigenvalue weighted by Gasteiger charge is 2.25. The highest BCUT2D eigenvalue weighted by molar-refractivity contribution is 5.94. The van der Waals surface area contributed by atoms with E-state index in [0.29, 0.717) is 30.8 Å². The number of para-hydroxylation sites is 1. The van der Waals surface area contributed by atoms with Crippen LogP contribution < -0.4 is 4.74 Å². The Morgan fingerprint density at radius 3 is 2.57 bits per heavy atom. The average molecular weight is 283 g/mol. The number of hydrogen-bond acceptors (Lipinski definition) is 3. The van der Waals surface area contributed by atoms with Crippen LogP contribution >= 0.6 is 0 Å². The van der Waals surface area contributed by atoms with Gasteiger partial charge in [-0.3, -0.25) is 4.79 Å². The van der Waals surface area contributed by atoms with Crippen LogP contribution in [-0.4, -0.2) is 35.1 Å². The Morgan fingerprint density at radius 1 is 1.10 bits per heavy atom. The zero-order valence-corrected chi connectivity index (χ0v) is 11.6. The van der Waals surface area contributed by atoms with Crippen molar-refractivity contribution in [3.8, 4) is 11.5 Å². The van der Waals surface area contributed by atoms with Crippen molar-refractivity contribution in [2.75, 3.05) is 13.1 Å². The van der Waals surface area contributed by atoms with Crippen LogP contribution in [-0.2, 0) is 0 Å². The lowest BCUT2D eigenvalue weighted by Gasteiger charge is -2.16. The molecule has 2 aromatic rings. The van der Waals surface area contributed by atoms with Gasteiger partial charge in [0, 0.05) is 18.7 Å². The maximum Gasteiger partial charge on any atom is 0.254 e. The molecule has 1 aliphatic heterocycles. The summed E-state index contributed by atoms with van der Waals surface area (Å²) in [6, 6.07) is 16.6. The number of benzene rings is 2. The van der Waals surface area contributed by atoms with Crippen LogP contribution in [0.25, 0.3) is 0 Å². The van der Waals surface area contributed by atoms with Crippen molar-refractivity contribution in [3.05, 3.63) is 60.2 Å². The molecule has 1 atom stereocenters. The first-order valence-corrected chi connectivity index (χ1v) is 7.03. The summed E-state index contributed by atoms with van der Waals surface area (Å²) in [4.78, 5) is 14.0.